The minimum absolute atomic E-state index is 0.346. The second kappa shape index (κ2) is 4.80. The number of aromatic amines is 1. The summed E-state index contributed by atoms with van der Waals surface area (Å²) < 4.78 is 13.0. The van der Waals surface area contributed by atoms with Gasteiger partial charge >= 0.3 is 0 Å². The van der Waals surface area contributed by atoms with Crippen LogP contribution in [0.2, 0.25) is 0 Å². The second-order valence-electron chi connectivity index (χ2n) is 4.69. The molecule has 96 valence electrons. The van der Waals surface area contributed by atoms with Crippen molar-refractivity contribution in [3.63, 3.8) is 0 Å². The molecule has 3 aromatic rings. The second-order valence-corrected chi connectivity index (χ2v) is 4.69. The van der Waals surface area contributed by atoms with Crippen LogP contribution in [-0.4, -0.2) is 15.0 Å². The lowest BCUT2D eigenvalue weighted by molar-refractivity contribution is 0.624. The van der Waals surface area contributed by atoms with Gasteiger partial charge in [0.2, 0.25) is 0 Å². The molecule has 19 heavy (non-hydrogen) atoms. The molecule has 1 N–H and O–H groups in total. The summed E-state index contributed by atoms with van der Waals surface area (Å²) >= 11 is 0. The zero-order valence-electron chi connectivity index (χ0n) is 10.7. The summed E-state index contributed by atoms with van der Waals surface area (Å²) in [6.45, 7) is 2.07. The Labute approximate surface area is 110 Å². The van der Waals surface area contributed by atoms with E-state index in [9.17, 15) is 4.39 Å². The number of aryl methyl sites for hydroxylation is 3. The SMILES string of the molecule is Cc1ccc(CCc2nc3ncc(F)cc3[nH]2)cc1. The zero-order chi connectivity index (χ0) is 13.2. The molecule has 0 saturated carbocycles. The molecule has 0 fully saturated rings. The van der Waals surface area contributed by atoms with E-state index in [1.165, 1.54) is 23.4 Å². The van der Waals surface area contributed by atoms with Gasteiger partial charge in [0.05, 0.1) is 11.7 Å². The fourth-order valence-electron chi connectivity index (χ4n) is 2.06. The van der Waals surface area contributed by atoms with Crippen molar-refractivity contribution in [3.05, 3.63) is 59.3 Å². The molecule has 3 nitrogen and oxygen atoms in total. The third-order valence-corrected chi connectivity index (χ3v) is 3.12. The van der Waals surface area contributed by atoms with Gasteiger partial charge in [-0.25, -0.2) is 14.4 Å². The van der Waals surface area contributed by atoms with Gasteiger partial charge < -0.3 is 4.98 Å². The molecule has 0 unspecified atom stereocenters. The van der Waals surface area contributed by atoms with Crippen LogP contribution in [0, 0.1) is 12.7 Å². The Morgan fingerprint density at radius 1 is 1.16 bits per heavy atom. The summed E-state index contributed by atoms with van der Waals surface area (Å²) in [6, 6.07) is 9.87. The number of hydrogen-bond donors (Lipinski definition) is 1. The van der Waals surface area contributed by atoms with Crippen LogP contribution in [0.4, 0.5) is 4.39 Å². The molecule has 0 radical (unpaired) electrons. The van der Waals surface area contributed by atoms with Gasteiger partial charge in [0.15, 0.2) is 5.65 Å². The molecule has 4 heteroatoms. The van der Waals surface area contributed by atoms with Crippen molar-refractivity contribution in [2.24, 2.45) is 0 Å². The van der Waals surface area contributed by atoms with Crippen molar-refractivity contribution in [1.29, 1.82) is 0 Å². The van der Waals surface area contributed by atoms with Crippen LogP contribution in [0.5, 0.6) is 0 Å². The van der Waals surface area contributed by atoms with Gasteiger partial charge in [-0.2, -0.15) is 0 Å². The first-order valence-corrected chi connectivity index (χ1v) is 6.26. The third-order valence-electron chi connectivity index (χ3n) is 3.12. The summed E-state index contributed by atoms with van der Waals surface area (Å²) in [5, 5.41) is 0. The molecule has 0 amide bonds. The number of H-pyrrole nitrogens is 1. The van der Waals surface area contributed by atoms with Crippen LogP contribution in [0.25, 0.3) is 11.2 Å². The molecule has 0 atom stereocenters. The van der Waals surface area contributed by atoms with E-state index in [1.54, 1.807) is 0 Å². The number of imidazole rings is 1. The van der Waals surface area contributed by atoms with Gasteiger partial charge in [-0.05, 0) is 18.9 Å². The lowest BCUT2D eigenvalue weighted by Crippen LogP contribution is -1.93. The van der Waals surface area contributed by atoms with Gasteiger partial charge in [0.1, 0.15) is 11.6 Å². The number of nitrogens with zero attached hydrogens (tertiary/aromatic N) is 2. The number of halogens is 1. The predicted molar refractivity (Wildman–Crippen MR) is 72.4 cm³/mol. The lowest BCUT2D eigenvalue weighted by atomic mass is 10.1. The Kier molecular flexibility index (Phi) is 2.99. The van der Waals surface area contributed by atoms with Crippen LogP contribution in [0.15, 0.2) is 36.5 Å². The number of nitrogens with one attached hydrogen (secondary N) is 1. The number of benzene rings is 1. The third kappa shape index (κ3) is 2.62. The van der Waals surface area contributed by atoms with E-state index >= 15 is 0 Å². The van der Waals surface area contributed by atoms with Gasteiger partial charge in [-0.3, -0.25) is 0 Å². The van der Waals surface area contributed by atoms with Crippen molar-refractivity contribution < 1.29 is 4.39 Å². The maximum Gasteiger partial charge on any atom is 0.177 e. The highest BCUT2D eigenvalue weighted by Gasteiger charge is 2.05. The van der Waals surface area contributed by atoms with Crippen LogP contribution >= 0.6 is 0 Å². The number of fused-ring (bicyclic) bond motifs is 1. The van der Waals surface area contributed by atoms with E-state index < -0.39 is 0 Å². The standard InChI is InChI=1S/C15H14FN3/c1-10-2-4-11(5-3-10)6-7-14-18-13-8-12(16)9-17-15(13)19-14/h2-5,8-9H,6-7H2,1H3,(H,17,18,19). The van der Waals surface area contributed by atoms with Crippen LogP contribution in [-0.2, 0) is 12.8 Å². The van der Waals surface area contributed by atoms with Crippen molar-refractivity contribution in [2.45, 2.75) is 19.8 Å². The van der Waals surface area contributed by atoms with Crippen molar-refractivity contribution in [1.82, 2.24) is 15.0 Å². The number of hydrogen-bond acceptors (Lipinski definition) is 2. The van der Waals surface area contributed by atoms with E-state index in [0.29, 0.717) is 11.2 Å². The van der Waals surface area contributed by atoms with E-state index in [0.717, 1.165) is 18.7 Å². The maximum absolute atomic E-state index is 13.0. The molecule has 0 aliphatic carbocycles. The smallest absolute Gasteiger partial charge is 0.177 e. The van der Waals surface area contributed by atoms with Crippen molar-refractivity contribution in [3.8, 4) is 0 Å². The highest BCUT2D eigenvalue weighted by atomic mass is 19.1. The van der Waals surface area contributed by atoms with Gasteiger partial charge in [-0.15, -0.1) is 0 Å². The Morgan fingerprint density at radius 2 is 1.95 bits per heavy atom. The average molecular weight is 255 g/mol. The van der Waals surface area contributed by atoms with E-state index in [-0.39, 0.29) is 5.82 Å². The number of aromatic nitrogens is 3. The Bertz CT molecular complexity index is 701. The molecule has 2 heterocycles. The Balaban J connectivity index is 1.76. The molecule has 0 saturated heterocycles. The summed E-state index contributed by atoms with van der Waals surface area (Å²) in [6.07, 6.45) is 2.89. The summed E-state index contributed by atoms with van der Waals surface area (Å²) in [7, 11) is 0. The largest absolute Gasteiger partial charge is 0.341 e. The van der Waals surface area contributed by atoms with E-state index in [1.807, 2.05) is 0 Å². The summed E-state index contributed by atoms with van der Waals surface area (Å²) in [4.78, 5) is 11.4. The van der Waals surface area contributed by atoms with E-state index in [4.69, 9.17) is 0 Å². The van der Waals surface area contributed by atoms with Gasteiger partial charge in [-0.1, -0.05) is 29.8 Å². The topological polar surface area (TPSA) is 41.6 Å². The predicted octanol–water partition coefficient (Wildman–Crippen LogP) is 3.19. The molecule has 0 aliphatic heterocycles. The highest BCUT2D eigenvalue weighted by Crippen LogP contribution is 2.12. The maximum atomic E-state index is 13.0. The molecule has 0 bridgehead atoms. The van der Waals surface area contributed by atoms with Crippen LogP contribution in [0.3, 0.4) is 0 Å². The normalized spacial score (nSPS) is 11.1. The number of pyridine rings is 1. The fourth-order valence-corrected chi connectivity index (χ4v) is 2.06. The molecule has 2 aromatic heterocycles. The minimum Gasteiger partial charge on any atom is -0.341 e. The fraction of sp³-hybridized carbons (Fsp3) is 0.200. The van der Waals surface area contributed by atoms with E-state index in [2.05, 4.69) is 46.1 Å². The first-order valence-electron chi connectivity index (χ1n) is 6.26. The number of rotatable bonds is 3. The summed E-state index contributed by atoms with van der Waals surface area (Å²) in [5.41, 5.74) is 3.75. The highest BCUT2D eigenvalue weighted by molar-refractivity contribution is 5.70. The van der Waals surface area contributed by atoms with Crippen LogP contribution in [0.1, 0.15) is 17.0 Å². The monoisotopic (exact) mass is 255 g/mol. The van der Waals surface area contributed by atoms with Gasteiger partial charge in [0, 0.05) is 12.5 Å². The van der Waals surface area contributed by atoms with Gasteiger partial charge in [0.25, 0.3) is 0 Å². The molecule has 0 aliphatic rings. The molecule has 3 rings (SSSR count). The van der Waals surface area contributed by atoms with Crippen molar-refractivity contribution in [2.75, 3.05) is 0 Å². The minimum atomic E-state index is -0.346. The Hall–Kier alpha value is -2.23. The average Bonchev–Trinajstić information content (AvgIpc) is 2.80. The lowest BCUT2D eigenvalue weighted by Gasteiger charge is -1.99. The molecular weight excluding hydrogens is 241 g/mol. The summed E-state index contributed by atoms with van der Waals surface area (Å²) in [5.74, 6) is 0.495. The van der Waals surface area contributed by atoms with Crippen LogP contribution < -0.4 is 0 Å². The van der Waals surface area contributed by atoms with Crippen molar-refractivity contribution >= 4 is 11.2 Å². The Morgan fingerprint density at radius 3 is 2.74 bits per heavy atom. The molecule has 1 aromatic carbocycles. The molecule has 0 spiro atoms. The first-order chi connectivity index (χ1) is 9.20. The quantitative estimate of drug-likeness (QED) is 0.781. The molecular formula is C15H14FN3. The first kappa shape index (κ1) is 11.8. The zero-order valence-corrected chi connectivity index (χ0v) is 10.7.